The third-order valence-corrected chi connectivity index (χ3v) is 3.62. The van der Waals surface area contributed by atoms with E-state index in [1.807, 2.05) is 48.5 Å². The number of benzene rings is 3. The summed E-state index contributed by atoms with van der Waals surface area (Å²) in [5.74, 6) is -0.0993. The molecular weight excluding hydrogens is 302 g/mol. The Balaban J connectivity index is 1.60. The Bertz CT molecular complexity index is 907. The minimum absolute atomic E-state index is 0.184. The van der Waals surface area contributed by atoms with Crippen molar-refractivity contribution in [3.8, 4) is 11.8 Å². The second-order valence-corrected chi connectivity index (χ2v) is 5.20. The number of esters is 1. The van der Waals surface area contributed by atoms with E-state index in [2.05, 4.69) is 0 Å². The molecule has 0 heterocycles. The van der Waals surface area contributed by atoms with Gasteiger partial charge in [-0.1, -0.05) is 54.6 Å². The molecule has 0 radical (unpaired) electrons. The molecule has 0 aliphatic heterocycles. The summed E-state index contributed by atoms with van der Waals surface area (Å²) in [6.07, 6.45) is 0. The highest BCUT2D eigenvalue weighted by Gasteiger charge is 2.09. The predicted octanol–water partition coefficient (Wildman–Crippen LogP) is 3.83. The van der Waals surface area contributed by atoms with Crippen LogP contribution in [0.1, 0.15) is 11.1 Å². The molecule has 0 spiro atoms. The number of carbonyl (C=O) groups excluding carboxylic acids is 1. The lowest BCUT2D eigenvalue weighted by atomic mass is 10.1. The molecule has 0 amide bonds. The molecule has 0 fully saturated rings. The topological polar surface area (TPSA) is 59.3 Å². The fourth-order valence-electron chi connectivity index (χ4n) is 2.44. The second kappa shape index (κ2) is 7.30. The SMILES string of the molecule is N#Cc1ccccc1OCC(=O)OCc1cccc2ccccc12. The minimum Gasteiger partial charge on any atom is -0.481 e. The number of carbonyl (C=O) groups is 1. The summed E-state index contributed by atoms with van der Waals surface area (Å²) in [6, 6.07) is 22.6. The van der Waals surface area contributed by atoms with Crippen LogP contribution in [0.15, 0.2) is 66.7 Å². The molecule has 3 aromatic carbocycles. The normalized spacial score (nSPS) is 10.1. The van der Waals surface area contributed by atoms with Crippen molar-refractivity contribution in [1.29, 1.82) is 5.26 Å². The highest BCUT2D eigenvalue weighted by molar-refractivity contribution is 5.85. The van der Waals surface area contributed by atoms with Gasteiger partial charge in [-0.25, -0.2) is 4.79 Å². The Morgan fingerprint density at radius 3 is 2.58 bits per heavy atom. The molecule has 0 aromatic heterocycles. The minimum atomic E-state index is -0.476. The first-order valence-electron chi connectivity index (χ1n) is 7.52. The summed E-state index contributed by atoms with van der Waals surface area (Å²) in [4.78, 5) is 11.9. The molecule has 24 heavy (non-hydrogen) atoms. The molecule has 0 N–H and O–H groups in total. The van der Waals surface area contributed by atoms with Crippen LogP contribution in [0, 0.1) is 11.3 Å². The van der Waals surface area contributed by atoms with Crippen LogP contribution in [0.3, 0.4) is 0 Å². The van der Waals surface area contributed by atoms with E-state index in [0.29, 0.717) is 11.3 Å². The zero-order valence-corrected chi connectivity index (χ0v) is 12.9. The summed E-state index contributed by atoms with van der Waals surface area (Å²) in [5.41, 5.74) is 1.33. The molecule has 0 aliphatic carbocycles. The van der Waals surface area contributed by atoms with Crippen LogP contribution >= 0.6 is 0 Å². The second-order valence-electron chi connectivity index (χ2n) is 5.20. The third kappa shape index (κ3) is 3.53. The molecule has 0 saturated carbocycles. The van der Waals surface area contributed by atoms with Crippen LogP contribution in [-0.2, 0) is 16.1 Å². The van der Waals surface area contributed by atoms with Crippen LogP contribution < -0.4 is 4.74 Å². The molecule has 0 unspecified atom stereocenters. The highest BCUT2D eigenvalue weighted by atomic mass is 16.6. The lowest BCUT2D eigenvalue weighted by Crippen LogP contribution is -2.15. The van der Waals surface area contributed by atoms with Gasteiger partial charge in [0, 0.05) is 0 Å². The van der Waals surface area contributed by atoms with Gasteiger partial charge in [0.15, 0.2) is 6.61 Å². The number of nitrogens with zero attached hydrogens (tertiary/aromatic N) is 1. The molecule has 0 aliphatic rings. The van der Waals surface area contributed by atoms with Crippen molar-refractivity contribution in [3.63, 3.8) is 0 Å². The van der Waals surface area contributed by atoms with Crippen molar-refractivity contribution in [2.24, 2.45) is 0 Å². The van der Waals surface area contributed by atoms with Gasteiger partial charge in [0.2, 0.25) is 0 Å². The molecule has 118 valence electrons. The monoisotopic (exact) mass is 317 g/mol. The predicted molar refractivity (Wildman–Crippen MR) is 90.4 cm³/mol. The molecular formula is C20H15NO3. The van der Waals surface area contributed by atoms with E-state index in [-0.39, 0.29) is 13.2 Å². The summed E-state index contributed by atoms with van der Waals surface area (Å²) in [6.45, 7) is -0.0487. The molecule has 3 rings (SSSR count). The Kier molecular flexibility index (Phi) is 4.73. The number of hydrogen-bond acceptors (Lipinski definition) is 4. The molecule has 4 heteroatoms. The Hall–Kier alpha value is -3.32. The van der Waals surface area contributed by atoms with Crippen molar-refractivity contribution < 1.29 is 14.3 Å². The fourth-order valence-corrected chi connectivity index (χ4v) is 2.44. The van der Waals surface area contributed by atoms with E-state index < -0.39 is 5.97 Å². The molecule has 0 saturated heterocycles. The maximum absolute atomic E-state index is 11.9. The van der Waals surface area contributed by atoms with Crippen molar-refractivity contribution in [2.45, 2.75) is 6.61 Å². The van der Waals surface area contributed by atoms with E-state index >= 15 is 0 Å². The van der Waals surface area contributed by atoms with Gasteiger partial charge in [-0.3, -0.25) is 0 Å². The van der Waals surface area contributed by atoms with Crippen molar-refractivity contribution in [1.82, 2.24) is 0 Å². The number of nitriles is 1. The maximum atomic E-state index is 11.9. The number of para-hydroxylation sites is 1. The van der Waals surface area contributed by atoms with E-state index in [1.54, 1.807) is 24.3 Å². The van der Waals surface area contributed by atoms with Gasteiger partial charge >= 0.3 is 5.97 Å². The van der Waals surface area contributed by atoms with Crippen LogP contribution in [0.5, 0.6) is 5.75 Å². The summed E-state index contributed by atoms with van der Waals surface area (Å²) >= 11 is 0. The average molecular weight is 317 g/mol. The standard InChI is InChI=1S/C20H15NO3/c21-12-16-7-2-4-11-19(16)23-14-20(22)24-13-17-9-5-8-15-6-1-3-10-18(15)17/h1-11H,13-14H2. The smallest absolute Gasteiger partial charge is 0.344 e. The van der Waals surface area contributed by atoms with Crippen molar-refractivity contribution in [3.05, 3.63) is 77.9 Å². The van der Waals surface area contributed by atoms with E-state index in [0.717, 1.165) is 16.3 Å². The van der Waals surface area contributed by atoms with Gasteiger partial charge in [0.25, 0.3) is 0 Å². The summed E-state index contributed by atoms with van der Waals surface area (Å²) in [5, 5.41) is 11.2. The lowest BCUT2D eigenvalue weighted by Gasteiger charge is -2.09. The largest absolute Gasteiger partial charge is 0.481 e. The van der Waals surface area contributed by atoms with E-state index in [4.69, 9.17) is 14.7 Å². The van der Waals surface area contributed by atoms with Gasteiger partial charge in [0.05, 0.1) is 5.56 Å². The summed E-state index contributed by atoms with van der Waals surface area (Å²) in [7, 11) is 0. The van der Waals surface area contributed by atoms with Crippen molar-refractivity contribution in [2.75, 3.05) is 6.61 Å². The van der Waals surface area contributed by atoms with Gasteiger partial charge in [-0.2, -0.15) is 5.26 Å². The maximum Gasteiger partial charge on any atom is 0.344 e. The first-order chi connectivity index (χ1) is 11.8. The number of hydrogen-bond donors (Lipinski definition) is 0. The van der Waals surface area contributed by atoms with Crippen LogP contribution in [0.25, 0.3) is 10.8 Å². The molecule has 0 atom stereocenters. The quantitative estimate of drug-likeness (QED) is 0.671. The first-order valence-corrected chi connectivity index (χ1v) is 7.52. The van der Waals surface area contributed by atoms with Gasteiger partial charge < -0.3 is 9.47 Å². The lowest BCUT2D eigenvalue weighted by molar-refractivity contribution is -0.147. The number of ether oxygens (including phenoxy) is 2. The van der Waals surface area contributed by atoms with Crippen LogP contribution in [0.4, 0.5) is 0 Å². The number of fused-ring (bicyclic) bond motifs is 1. The molecule has 0 bridgehead atoms. The molecule has 4 nitrogen and oxygen atoms in total. The van der Waals surface area contributed by atoms with Crippen LogP contribution in [0.2, 0.25) is 0 Å². The van der Waals surface area contributed by atoms with Gasteiger partial charge in [0.1, 0.15) is 18.4 Å². The Labute approximate surface area is 139 Å². The fraction of sp³-hybridized carbons (Fsp3) is 0.100. The Morgan fingerprint density at radius 1 is 0.958 bits per heavy atom. The third-order valence-electron chi connectivity index (χ3n) is 3.62. The van der Waals surface area contributed by atoms with Gasteiger partial charge in [-0.15, -0.1) is 0 Å². The molecule has 3 aromatic rings. The first kappa shape index (κ1) is 15.6. The van der Waals surface area contributed by atoms with E-state index in [9.17, 15) is 4.79 Å². The Morgan fingerprint density at radius 2 is 1.71 bits per heavy atom. The zero-order valence-electron chi connectivity index (χ0n) is 12.9. The van der Waals surface area contributed by atoms with Gasteiger partial charge in [-0.05, 0) is 28.5 Å². The zero-order chi connectivity index (χ0) is 16.8. The van der Waals surface area contributed by atoms with E-state index in [1.165, 1.54) is 0 Å². The highest BCUT2D eigenvalue weighted by Crippen LogP contribution is 2.19. The number of rotatable bonds is 5. The summed E-state index contributed by atoms with van der Waals surface area (Å²) < 4.78 is 10.7. The van der Waals surface area contributed by atoms with Crippen LogP contribution in [-0.4, -0.2) is 12.6 Å². The van der Waals surface area contributed by atoms with Crippen molar-refractivity contribution >= 4 is 16.7 Å². The average Bonchev–Trinajstić information content (AvgIpc) is 2.64.